The first-order valence-corrected chi connectivity index (χ1v) is 9.28. The van der Waals surface area contributed by atoms with E-state index in [4.69, 9.17) is 19.8 Å². The topological polar surface area (TPSA) is 77.8 Å². The number of rotatable bonds is 4. The number of aryl methyl sites for hydroxylation is 1. The van der Waals surface area contributed by atoms with Gasteiger partial charge in [-0.1, -0.05) is 48.0 Å². The van der Waals surface area contributed by atoms with E-state index in [1.165, 1.54) is 35.5 Å². The quantitative estimate of drug-likeness (QED) is 0.799. The first kappa shape index (κ1) is 20.0. The van der Waals surface area contributed by atoms with Gasteiger partial charge in [0.25, 0.3) is 0 Å². The molecule has 6 heteroatoms. The van der Waals surface area contributed by atoms with E-state index in [2.05, 4.69) is 66.4 Å². The molecule has 1 aliphatic heterocycles. The maximum Gasteiger partial charge on any atom is 0.414 e. The zero-order valence-corrected chi connectivity index (χ0v) is 15.5. The molecule has 5 nitrogen and oxygen atoms in total. The summed E-state index contributed by atoms with van der Waals surface area (Å²) in [6.45, 7) is 5.66. The minimum atomic E-state index is -1.82. The molecular formula is C20H23NO4S. The fourth-order valence-electron chi connectivity index (χ4n) is 2.69. The minimum Gasteiger partial charge on any atom is -0.473 e. The lowest BCUT2D eigenvalue weighted by Gasteiger charge is -2.16. The number of carboxylic acids is 2. The molecule has 0 saturated carbocycles. The largest absolute Gasteiger partial charge is 0.473 e. The van der Waals surface area contributed by atoms with Crippen LogP contribution < -0.4 is 0 Å². The second kappa shape index (κ2) is 9.99. The van der Waals surface area contributed by atoms with Crippen molar-refractivity contribution in [2.24, 2.45) is 0 Å². The zero-order chi connectivity index (χ0) is 18.9. The van der Waals surface area contributed by atoms with Crippen LogP contribution in [0.15, 0.2) is 59.5 Å². The smallest absolute Gasteiger partial charge is 0.414 e. The van der Waals surface area contributed by atoms with E-state index in [9.17, 15) is 0 Å². The first-order valence-electron chi connectivity index (χ1n) is 8.40. The molecule has 0 amide bonds. The number of nitrogens with zero attached hydrogens (tertiary/aromatic N) is 1. The fraction of sp³-hybridized carbons (Fsp3) is 0.300. The number of aliphatic carboxylic acids is 2. The molecule has 138 valence electrons. The molecule has 0 spiro atoms. The summed E-state index contributed by atoms with van der Waals surface area (Å²) in [6, 6.07) is 19.7. The Balaban J connectivity index is 0.000000352. The zero-order valence-electron chi connectivity index (χ0n) is 14.7. The van der Waals surface area contributed by atoms with Gasteiger partial charge in [-0.25, -0.2) is 9.59 Å². The van der Waals surface area contributed by atoms with Crippen LogP contribution in [0.4, 0.5) is 0 Å². The molecule has 0 aliphatic carbocycles. The van der Waals surface area contributed by atoms with Crippen LogP contribution in [0.2, 0.25) is 0 Å². The van der Waals surface area contributed by atoms with Gasteiger partial charge < -0.3 is 10.2 Å². The van der Waals surface area contributed by atoms with Crippen LogP contribution in [0.3, 0.4) is 0 Å². The molecular weight excluding hydrogens is 350 g/mol. The number of benzene rings is 2. The van der Waals surface area contributed by atoms with Crippen LogP contribution in [-0.4, -0.2) is 45.4 Å². The summed E-state index contributed by atoms with van der Waals surface area (Å²) in [5, 5.41) is 15.5. The summed E-state index contributed by atoms with van der Waals surface area (Å²) in [5.74, 6) is -3.65. The predicted octanol–water partition coefficient (Wildman–Crippen LogP) is 3.52. The summed E-state index contributed by atoms with van der Waals surface area (Å²) in [7, 11) is 0. The van der Waals surface area contributed by atoms with Crippen molar-refractivity contribution < 1.29 is 19.8 Å². The Morgan fingerprint density at radius 1 is 1.04 bits per heavy atom. The third-order valence-corrected chi connectivity index (χ3v) is 5.25. The molecule has 1 saturated heterocycles. The Kier molecular flexibility index (Phi) is 7.69. The third-order valence-electron chi connectivity index (χ3n) is 3.98. The molecule has 0 aromatic heterocycles. The number of hydrogen-bond acceptors (Lipinski definition) is 4. The summed E-state index contributed by atoms with van der Waals surface area (Å²) in [5.41, 5.74) is 2.76. The van der Waals surface area contributed by atoms with Crippen molar-refractivity contribution in [2.45, 2.75) is 30.0 Å². The molecule has 2 aromatic carbocycles. The maximum atomic E-state index is 9.10. The molecule has 1 unspecified atom stereocenters. The number of carboxylic acid groups (broad SMARTS) is 2. The third kappa shape index (κ3) is 6.90. The van der Waals surface area contributed by atoms with Crippen LogP contribution in [0.1, 0.15) is 17.5 Å². The fourth-order valence-corrected chi connectivity index (χ4v) is 3.87. The molecule has 1 aliphatic rings. The van der Waals surface area contributed by atoms with E-state index in [1.807, 2.05) is 11.8 Å². The highest BCUT2D eigenvalue weighted by atomic mass is 32.2. The van der Waals surface area contributed by atoms with Crippen LogP contribution in [0.5, 0.6) is 0 Å². The van der Waals surface area contributed by atoms with Crippen molar-refractivity contribution in [1.29, 1.82) is 0 Å². The molecule has 2 aromatic rings. The Morgan fingerprint density at radius 3 is 2.23 bits per heavy atom. The second-order valence-corrected chi connectivity index (χ2v) is 7.55. The van der Waals surface area contributed by atoms with Crippen molar-refractivity contribution in [3.63, 3.8) is 0 Å². The lowest BCUT2D eigenvalue weighted by Crippen LogP contribution is -2.20. The lowest BCUT2D eigenvalue weighted by molar-refractivity contribution is -0.159. The summed E-state index contributed by atoms with van der Waals surface area (Å²) >= 11 is 2.03. The van der Waals surface area contributed by atoms with Gasteiger partial charge in [0.15, 0.2) is 0 Å². The molecule has 1 heterocycles. The van der Waals surface area contributed by atoms with Gasteiger partial charge in [0.1, 0.15) is 0 Å². The number of thioether (sulfide) groups is 1. The van der Waals surface area contributed by atoms with E-state index in [0.29, 0.717) is 0 Å². The van der Waals surface area contributed by atoms with Crippen molar-refractivity contribution in [1.82, 2.24) is 4.90 Å². The SMILES string of the molecule is Cc1ccc(SC2CCN(Cc3ccccc3)C2)cc1.O=C(O)C(=O)O. The monoisotopic (exact) mass is 373 g/mol. The van der Waals surface area contributed by atoms with Crippen LogP contribution in [0, 0.1) is 6.92 Å². The van der Waals surface area contributed by atoms with Crippen molar-refractivity contribution in [3.05, 3.63) is 65.7 Å². The second-order valence-electron chi connectivity index (χ2n) is 6.17. The summed E-state index contributed by atoms with van der Waals surface area (Å²) in [4.78, 5) is 22.2. The molecule has 0 radical (unpaired) electrons. The number of likely N-dealkylation sites (tertiary alicyclic amines) is 1. The van der Waals surface area contributed by atoms with Gasteiger partial charge in [0, 0.05) is 23.2 Å². The van der Waals surface area contributed by atoms with Gasteiger partial charge >= 0.3 is 11.9 Å². The standard InChI is InChI=1S/C18H21NS.C2H2O4/c1-15-7-9-17(10-8-15)20-18-11-12-19(14-18)13-16-5-3-2-4-6-16;3-1(4)2(5)6/h2-10,18H,11-14H2,1H3;(H,3,4)(H,5,6). The van der Waals surface area contributed by atoms with Crippen molar-refractivity contribution in [2.75, 3.05) is 13.1 Å². The Morgan fingerprint density at radius 2 is 1.65 bits per heavy atom. The minimum absolute atomic E-state index is 0.737. The van der Waals surface area contributed by atoms with Gasteiger partial charge in [-0.15, -0.1) is 11.8 Å². The van der Waals surface area contributed by atoms with E-state index < -0.39 is 11.9 Å². The Bertz CT molecular complexity index is 706. The molecule has 1 atom stereocenters. The average Bonchev–Trinajstić information content (AvgIpc) is 3.05. The van der Waals surface area contributed by atoms with Crippen molar-refractivity contribution >= 4 is 23.7 Å². The highest BCUT2D eigenvalue weighted by molar-refractivity contribution is 8.00. The lowest BCUT2D eigenvalue weighted by atomic mass is 10.2. The molecule has 3 rings (SSSR count). The molecule has 26 heavy (non-hydrogen) atoms. The maximum absolute atomic E-state index is 9.10. The van der Waals surface area contributed by atoms with Gasteiger partial charge in [-0.05, 0) is 37.6 Å². The Labute approximate surface area is 157 Å². The van der Waals surface area contributed by atoms with Crippen molar-refractivity contribution in [3.8, 4) is 0 Å². The van der Waals surface area contributed by atoms with E-state index >= 15 is 0 Å². The van der Waals surface area contributed by atoms with E-state index in [0.717, 1.165) is 11.8 Å². The van der Waals surface area contributed by atoms with Crippen LogP contribution >= 0.6 is 11.8 Å². The highest BCUT2D eigenvalue weighted by Crippen LogP contribution is 2.30. The summed E-state index contributed by atoms with van der Waals surface area (Å²) in [6.07, 6.45) is 1.30. The number of carbonyl (C=O) groups is 2. The predicted molar refractivity (Wildman–Crippen MR) is 102 cm³/mol. The molecule has 1 fully saturated rings. The molecule has 2 N–H and O–H groups in total. The van der Waals surface area contributed by atoms with Crippen LogP contribution in [-0.2, 0) is 16.1 Å². The van der Waals surface area contributed by atoms with E-state index in [1.54, 1.807) is 0 Å². The van der Waals surface area contributed by atoms with Gasteiger partial charge in [0.2, 0.25) is 0 Å². The first-order chi connectivity index (χ1) is 12.4. The van der Waals surface area contributed by atoms with Gasteiger partial charge in [0.05, 0.1) is 0 Å². The Hall–Kier alpha value is -2.31. The normalized spacial score (nSPS) is 16.6. The van der Waals surface area contributed by atoms with E-state index in [-0.39, 0.29) is 0 Å². The highest BCUT2D eigenvalue weighted by Gasteiger charge is 2.23. The summed E-state index contributed by atoms with van der Waals surface area (Å²) < 4.78 is 0. The van der Waals surface area contributed by atoms with Gasteiger partial charge in [-0.2, -0.15) is 0 Å². The van der Waals surface area contributed by atoms with Crippen LogP contribution in [0.25, 0.3) is 0 Å². The number of hydrogen-bond donors (Lipinski definition) is 2. The molecule has 0 bridgehead atoms. The average molecular weight is 373 g/mol. The van der Waals surface area contributed by atoms with Gasteiger partial charge in [-0.3, -0.25) is 4.90 Å².